The SMILES string of the molecule is c1ccc(N(c2ccc3c(c2)-c2ccccc2C32c3ccccc3-c3c2cc(N(c2ccccc2)c2cccc4ccccc24)c2ccccc32)c2cccc3ccccc23)cc1. The first-order valence-electron chi connectivity index (χ1n) is 21.9. The fourth-order valence-electron chi connectivity index (χ4n) is 11.1. The minimum atomic E-state index is -0.562. The summed E-state index contributed by atoms with van der Waals surface area (Å²) in [5, 5.41) is 7.34. The van der Waals surface area contributed by atoms with E-state index in [-0.39, 0.29) is 0 Å². The van der Waals surface area contributed by atoms with Gasteiger partial charge >= 0.3 is 0 Å². The highest BCUT2D eigenvalue weighted by Gasteiger charge is 2.52. The van der Waals surface area contributed by atoms with Crippen LogP contribution in [0, 0.1) is 0 Å². The summed E-state index contributed by atoms with van der Waals surface area (Å²) in [6.07, 6.45) is 0. The molecule has 0 amide bonds. The predicted molar refractivity (Wildman–Crippen MR) is 265 cm³/mol. The van der Waals surface area contributed by atoms with Crippen LogP contribution in [0.1, 0.15) is 22.3 Å². The maximum atomic E-state index is 2.54. The van der Waals surface area contributed by atoms with Gasteiger partial charge in [0, 0.05) is 33.2 Å². The zero-order valence-corrected chi connectivity index (χ0v) is 34.5. The van der Waals surface area contributed by atoms with E-state index in [1.165, 1.54) is 76.8 Å². The zero-order valence-electron chi connectivity index (χ0n) is 34.5. The minimum absolute atomic E-state index is 0.562. The van der Waals surface area contributed by atoms with Gasteiger partial charge < -0.3 is 9.80 Å². The molecule has 0 bridgehead atoms. The van der Waals surface area contributed by atoms with Gasteiger partial charge in [-0.05, 0) is 115 Å². The zero-order chi connectivity index (χ0) is 41.5. The second-order valence-electron chi connectivity index (χ2n) is 16.8. The number of hydrogen-bond acceptors (Lipinski definition) is 2. The lowest BCUT2D eigenvalue weighted by Gasteiger charge is -2.33. The molecule has 1 unspecified atom stereocenters. The molecule has 1 spiro atoms. The van der Waals surface area contributed by atoms with E-state index in [2.05, 4.69) is 252 Å². The second-order valence-corrected chi connectivity index (χ2v) is 16.8. The Balaban J connectivity index is 1.11. The summed E-state index contributed by atoms with van der Waals surface area (Å²) in [5.74, 6) is 0. The van der Waals surface area contributed by atoms with Gasteiger partial charge in [-0.2, -0.15) is 0 Å². The highest BCUT2D eigenvalue weighted by Crippen LogP contribution is 2.65. The van der Waals surface area contributed by atoms with Crippen LogP contribution in [0.2, 0.25) is 0 Å². The first-order chi connectivity index (χ1) is 31.3. The summed E-state index contributed by atoms with van der Waals surface area (Å²) in [6, 6.07) is 89.7. The molecule has 294 valence electrons. The summed E-state index contributed by atoms with van der Waals surface area (Å²) in [4.78, 5) is 4.93. The molecule has 0 heterocycles. The van der Waals surface area contributed by atoms with Crippen LogP contribution in [0.5, 0.6) is 0 Å². The smallest absolute Gasteiger partial charge is 0.0726 e. The van der Waals surface area contributed by atoms with Crippen molar-refractivity contribution in [2.45, 2.75) is 5.41 Å². The molecule has 13 rings (SSSR count). The van der Waals surface area contributed by atoms with E-state index in [4.69, 9.17) is 0 Å². The standard InChI is InChI=1S/C61H40N2/c1-3-23-43(24-4-1)62(57-35-17-21-41-19-7-9-27-46(41)57)45-37-38-55-52(39-45)48-29-13-15-33-53(48)61(55)54-34-16-14-32-51(54)60-50-31-12-11-30-49(50)59(40-56(60)61)63(44-25-5-2-6-26-44)58-36-18-22-42-20-8-10-28-47(42)58/h1-40H. The van der Waals surface area contributed by atoms with E-state index in [0.29, 0.717) is 0 Å². The van der Waals surface area contributed by atoms with E-state index in [1.807, 2.05) is 0 Å². The molecule has 0 radical (unpaired) electrons. The van der Waals surface area contributed by atoms with Crippen LogP contribution >= 0.6 is 0 Å². The molecule has 63 heavy (non-hydrogen) atoms. The van der Waals surface area contributed by atoms with Crippen LogP contribution in [0.4, 0.5) is 34.1 Å². The molecule has 2 aliphatic carbocycles. The van der Waals surface area contributed by atoms with E-state index in [1.54, 1.807) is 0 Å². The Labute approximate surface area is 367 Å². The largest absolute Gasteiger partial charge is 0.310 e. The number of para-hydroxylation sites is 2. The van der Waals surface area contributed by atoms with Gasteiger partial charge in [-0.15, -0.1) is 0 Å². The highest BCUT2D eigenvalue weighted by atomic mass is 15.2. The number of rotatable bonds is 6. The first kappa shape index (κ1) is 35.5. The van der Waals surface area contributed by atoms with E-state index >= 15 is 0 Å². The van der Waals surface area contributed by atoms with Gasteiger partial charge in [-0.3, -0.25) is 0 Å². The number of fused-ring (bicyclic) bond motifs is 14. The molecule has 0 saturated heterocycles. The monoisotopic (exact) mass is 800 g/mol. The molecular weight excluding hydrogens is 761 g/mol. The number of hydrogen-bond donors (Lipinski definition) is 0. The van der Waals surface area contributed by atoms with Gasteiger partial charge in [-0.1, -0.05) is 188 Å². The molecule has 0 saturated carbocycles. The third kappa shape index (κ3) is 5.13. The Morgan fingerprint density at radius 3 is 1.40 bits per heavy atom. The lowest BCUT2D eigenvalue weighted by molar-refractivity contribution is 0.794. The lowest BCUT2D eigenvalue weighted by atomic mass is 9.70. The molecule has 0 N–H and O–H groups in total. The average molecular weight is 801 g/mol. The van der Waals surface area contributed by atoms with Crippen molar-refractivity contribution in [1.29, 1.82) is 0 Å². The number of anilines is 6. The molecular formula is C61H40N2. The maximum Gasteiger partial charge on any atom is 0.0726 e. The van der Waals surface area contributed by atoms with Crippen molar-refractivity contribution in [1.82, 2.24) is 0 Å². The van der Waals surface area contributed by atoms with E-state index in [9.17, 15) is 0 Å². The third-order valence-corrected chi connectivity index (χ3v) is 13.6. The summed E-state index contributed by atoms with van der Waals surface area (Å²) in [6.45, 7) is 0. The Hall–Kier alpha value is -8.20. The first-order valence-corrected chi connectivity index (χ1v) is 21.9. The molecule has 0 aromatic heterocycles. The normalized spacial score (nSPS) is 14.4. The van der Waals surface area contributed by atoms with Gasteiger partial charge in [0.15, 0.2) is 0 Å². The second kappa shape index (κ2) is 13.9. The highest BCUT2D eigenvalue weighted by molar-refractivity contribution is 6.13. The van der Waals surface area contributed by atoms with Crippen molar-refractivity contribution >= 4 is 66.4 Å². The molecule has 2 nitrogen and oxygen atoms in total. The summed E-state index contributed by atoms with van der Waals surface area (Å²) < 4.78 is 0. The minimum Gasteiger partial charge on any atom is -0.310 e. The molecule has 2 heteroatoms. The average Bonchev–Trinajstić information content (AvgIpc) is 3.82. The molecule has 11 aromatic carbocycles. The van der Waals surface area contributed by atoms with Crippen LogP contribution in [0.25, 0.3) is 54.6 Å². The maximum absolute atomic E-state index is 2.54. The summed E-state index contributed by atoms with van der Waals surface area (Å²) >= 11 is 0. The van der Waals surface area contributed by atoms with Crippen LogP contribution in [-0.2, 0) is 5.41 Å². The van der Waals surface area contributed by atoms with Crippen molar-refractivity contribution in [2.75, 3.05) is 9.80 Å². The van der Waals surface area contributed by atoms with Crippen LogP contribution in [-0.4, -0.2) is 0 Å². The van der Waals surface area contributed by atoms with Crippen molar-refractivity contribution in [3.05, 3.63) is 265 Å². The van der Waals surface area contributed by atoms with Crippen molar-refractivity contribution in [3.8, 4) is 22.3 Å². The van der Waals surface area contributed by atoms with E-state index in [0.717, 1.165) is 34.1 Å². The van der Waals surface area contributed by atoms with Crippen molar-refractivity contribution in [2.24, 2.45) is 0 Å². The Kier molecular flexibility index (Phi) is 7.85. The van der Waals surface area contributed by atoms with Gasteiger partial charge in [0.05, 0.1) is 22.5 Å². The van der Waals surface area contributed by atoms with Gasteiger partial charge in [0.25, 0.3) is 0 Å². The quantitative estimate of drug-likeness (QED) is 0.165. The molecule has 0 fully saturated rings. The van der Waals surface area contributed by atoms with Crippen molar-refractivity contribution < 1.29 is 0 Å². The van der Waals surface area contributed by atoms with Gasteiger partial charge in [-0.25, -0.2) is 0 Å². The fraction of sp³-hybridized carbons (Fsp3) is 0.0164. The topological polar surface area (TPSA) is 6.48 Å². The lowest BCUT2D eigenvalue weighted by Crippen LogP contribution is -2.26. The van der Waals surface area contributed by atoms with Crippen LogP contribution in [0.15, 0.2) is 243 Å². The molecule has 2 aliphatic rings. The number of nitrogens with zero attached hydrogens (tertiary/aromatic N) is 2. The summed E-state index contributed by atoms with van der Waals surface area (Å²) in [7, 11) is 0. The van der Waals surface area contributed by atoms with Gasteiger partial charge in [0.1, 0.15) is 0 Å². The Morgan fingerprint density at radius 2 is 0.730 bits per heavy atom. The Morgan fingerprint density at radius 1 is 0.254 bits per heavy atom. The van der Waals surface area contributed by atoms with Gasteiger partial charge in [0.2, 0.25) is 0 Å². The van der Waals surface area contributed by atoms with Crippen LogP contribution < -0.4 is 9.80 Å². The van der Waals surface area contributed by atoms with Crippen molar-refractivity contribution in [3.63, 3.8) is 0 Å². The number of benzene rings is 11. The van der Waals surface area contributed by atoms with E-state index < -0.39 is 5.41 Å². The summed E-state index contributed by atoms with van der Waals surface area (Å²) in [5.41, 5.74) is 16.7. The predicted octanol–water partition coefficient (Wildman–Crippen LogP) is 16.4. The van der Waals surface area contributed by atoms with Crippen LogP contribution in [0.3, 0.4) is 0 Å². The molecule has 11 aromatic rings. The third-order valence-electron chi connectivity index (χ3n) is 13.6. The molecule has 0 aliphatic heterocycles. The molecule has 1 atom stereocenters. The fourth-order valence-corrected chi connectivity index (χ4v) is 11.1. The Bertz CT molecular complexity index is 3580.